The molecule has 96 heavy (non-hydrogen) atoms. The zero-order chi connectivity index (χ0) is 63.1. The average molecular weight is 1220 g/mol. The van der Waals surface area contributed by atoms with Crippen LogP contribution < -0.4 is 9.80 Å². The largest absolute Gasteiger partial charge is 0.310 e. The third kappa shape index (κ3) is 7.76. The van der Waals surface area contributed by atoms with E-state index >= 15 is 0 Å². The summed E-state index contributed by atoms with van der Waals surface area (Å²) in [6, 6.07) is 136. The summed E-state index contributed by atoms with van der Waals surface area (Å²) in [5.41, 5.74) is 33.8. The molecule has 2 nitrogen and oxygen atoms in total. The fraction of sp³-hybridized carbons (Fsp3) is 0.0213. The van der Waals surface area contributed by atoms with E-state index in [2.05, 4.69) is 374 Å². The van der Waals surface area contributed by atoms with Crippen molar-refractivity contribution in [2.45, 2.75) is 10.8 Å². The van der Waals surface area contributed by atoms with Gasteiger partial charge < -0.3 is 9.80 Å². The molecular weight excluding hydrogens is 1160 g/mol. The molecule has 1 atom stereocenters. The Morgan fingerprint density at radius 2 is 0.531 bits per heavy atom. The molecule has 0 aromatic heterocycles. The maximum absolute atomic E-state index is 2.47. The maximum Gasteiger partial charge on any atom is 0.0725 e. The van der Waals surface area contributed by atoms with Gasteiger partial charge in [-0.05, 0) is 205 Å². The lowest BCUT2D eigenvalue weighted by Crippen LogP contribution is -2.25. The first kappa shape index (κ1) is 54.2. The van der Waals surface area contributed by atoms with Gasteiger partial charge in [-0.15, -0.1) is 0 Å². The Labute approximate surface area is 559 Å². The van der Waals surface area contributed by atoms with Crippen LogP contribution in [-0.2, 0) is 10.8 Å². The van der Waals surface area contributed by atoms with Gasteiger partial charge in [0.1, 0.15) is 0 Å². The van der Waals surface area contributed by atoms with Gasteiger partial charge in [-0.2, -0.15) is 0 Å². The zero-order valence-electron chi connectivity index (χ0n) is 52.5. The topological polar surface area (TPSA) is 6.48 Å². The first-order valence-electron chi connectivity index (χ1n) is 33.5. The van der Waals surface area contributed by atoms with Crippen LogP contribution in [0.3, 0.4) is 0 Å². The normalized spacial score (nSPS) is 14.4. The van der Waals surface area contributed by atoms with Gasteiger partial charge in [0.25, 0.3) is 0 Å². The van der Waals surface area contributed by atoms with E-state index in [1.807, 2.05) is 0 Å². The van der Waals surface area contributed by atoms with Gasteiger partial charge >= 0.3 is 0 Å². The predicted octanol–water partition coefficient (Wildman–Crippen LogP) is 24.6. The SMILES string of the molecule is c1ccc(-c2ccc(N(c3ccc4c(c3)-c3ccccc3C43c4ccccc4-c4c(-c5ccc(-c6ccc(N(c7ccc8c(c7)-c7ccccc7C87c8ccccc8-c8ccccc87)c7cccc8ccccc78)cc6)cc5)cccc43)c3ccc4ccccc4c3)cc2)cc1. The minimum absolute atomic E-state index is 0.409. The predicted molar refractivity (Wildman–Crippen MR) is 400 cm³/mol. The Bertz CT molecular complexity index is 5790. The minimum atomic E-state index is -0.528. The Hall–Kier alpha value is -12.4. The number of benzene rings is 16. The lowest BCUT2D eigenvalue weighted by Gasteiger charge is -2.31. The van der Waals surface area contributed by atoms with Crippen molar-refractivity contribution < 1.29 is 0 Å². The Kier molecular flexibility index (Phi) is 11.9. The van der Waals surface area contributed by atoms with Crippen molar-refractivity contribution in [2.75, 3.05) is 9.80 Å². The van der Waals surface area contributed by atoms with Crippen molar-refractivity contribution in [3.8, 4) is 77.9 Å². The summed E-state index contributed by atoms with van der Waals surface area (Å²) >= 11 is 0. The molecule has 446 valence electrons. The molecule has 0 fully saturated rings. The molecular formula is C94H60N2. The van der Waals surface area contributed by atoms with E-state index in [9.17, 15) is 0 Å². The molecule has 2 heteroatoms. The van der Waals surface area contributed by atoms with E-state index in [4.69, 9.17) is 0 Å². The van der Waals surface area contributed by atoms with Gasteiger partial charge in [-0.3, -0.25) is 0 Å². The molecule has 0 heterocycles. The highest BCUT2D eigenvalue weighted by molar-refractivity contribution is 6.04. The fourth-order valence-electron chi connectivity index (χ4n) is 17.5. The van der Waals surface area contributed by atoms with Gasteiger partial charge in [0, 0.05) is 33.8 Å². The summed E-state index contributed by atoms with van der Waals surface area (Å²) in [5, 5.41) is 4.84. The van der Waals surface area contributed by atoms with Crippen molar-refractivity contribution in [3.63, 3.8) is 0 Å². The summed E-state index contributed by atoms with van der Waals surface area (Å²) < 4.78 is 0. The van der Waals surface area contributed by atoms with E-state index in [0.29, 0.717) is 0 Å². The number of nitrogens with zero attached hydrogens (tertiary/aromatic N) is 2. The second-order valence-corrected chi connectivity index (χ2v) is 26.2. The number of fused-ring (bicyclic) bond motifs is 22. The Balaban J connectivity index is 0.671. The van der Waals surface area contributed by atoms with E-state index < -0.39 is 10.8 Å². The van der Waals surface area contributed by atoms with Crippen LogP contribution in [0.15, 0.2) is 364 Å². The standard InChI is InChI=1S/C94H60N2/c1-2-20-61(21-3-1)64-44-49-69(50-45-64)95(71-53-48-62-22-4-5-24-68(62)58-71)72-54-56-89-81(59-72)79-30-11-16-36-86(79)94(89)87-37-17-12-31-80(87)92-75(32-19-38-90(92)94)67-42-40-63(41-43-67)65-46-51-70(52-47-65)96(91-39-18-25-66-23-6-7-26-74(66)91)73-55-57-88-82(60-73)78-29-10-15-35-85(78)93(88)83-33-13-8-27-76(83)77-28-9-14-34-84(77)93/h1-60H. The first-order valence-corrected chi connectivity index (χ1v) is 33.5. The van der Waals surface area contributed by atoms with Crippen molar-refractivity contribution >= 4 is 55.7 Å². The quantitative estimate of drug-likeness (QED) is 0.142. The molecule has 20 rings (SSSR count). The highest BCUT2D eigenvalue weighted by Crippen LogP contribution is 2.66. The summed E-state index contributed by atoms with van der Waals surface area (Å²) in [4.78, 5) is 4.90. The number of rotatable bonds is 9. The highest BCUT2D eigenvalue weighted by Gasteiger charge is 2.53. The van der Waals surface area contributed by atoms with Gasteiger partial charge in [0.15, 0.2) is 0 Å². The van der Waals surface area contributed by atoms with Crippen LogP contribution in [0.25, 0.3) is 99.4 Å². The van der Waals surface area contributed by atoms with Gasteiger partial charge in [-0.25, -0.2) is 0 Å². The Morgan fingerprint density at radius 3 is 1.12 bits per heavy atom. The second kappa shape index (κ2) is 21.1. The molecule has 4 aliphatic carbocycles. The van der Waals surface area contributed by atoms with Crippen LogP contribution in [0, 0.1) is 0 Å². The smallest absolute Gasteiger partial charge is 0.0725 e. The molecule has 0 amide bonds. The summed E-state index contributed by atoms with van der Waals surface area (Å²) in [6.45, 7) is 0. The van der Waals surface area contributed by atoms with Crippen LogP contribution in [0.5, 0.6) is 0 Å². The highest BCUT2D eigenvalue weighted by atomic mass is 15.1. The van der Waals surface area contributed by atoms with Gasteiger partial charge in [0.05, 0.1) is 16.5 Å². The zero-order valence-corrected chi connectivity index (χ0v) is 52.5. The molecule has 0 aliphatic heterocycles. The van der Waals surface area contributed by atoms with Crippen molar-refractivity contribution in [2.24, 2.45) is 0 Å². The molecule has 0 radical (unpaired) electrons. The summed E-state index contributed by atoms with van der Waals surface area (Å²) in [7, 11) is 0. The molecule has 16 aromatic rings. The van der Waals surface area contributed by atoms with Crippen molar-refractivity contribution in [3.05, 3.63) is 408 Å². The van der Waals surface area contributed by atoms with Crippen LogP contribution in [0.4, 0.5) is 34.1 Å². The van der Waals surface area contributed by atoms with Crippen LogP contribution in [-0.4, -0.2) is 0 Å². The van der Waals surface area contributed by atoms with Crippen molar-refractivity contribution in [1.82, 2.24) is 0 Å². The molecule has 16 aromatic carbocycles. The van der Waals surface area contributed by atoms with Crippen LogP contribution in [0.2, 0.25) is 0 Å². The van der Waals surface area contributed by atoms with Gasteiger partial charge in [0.2, 0.25) is 0 Å². The fourth-order valence-corrected chi connectivity index (χ4v) is 17.5. The third-order valence-electron chi connectivity index (χ3n) is 21.5. The first-order chi connectivity index (χ1) is 47.6. The summed E-state index contributed by atoms with van der Waals surface area (Å²) in [5.74, 6) is 0. The van der Waals surface area contributed by atoms with E-state index in [-0.39, 0.29) is 0 Å². The van der Waals surface area contributed by atoms with E-state index in [1.54, 1.807) is 0 Å². The van der Waals surface area contributed by atoms with Crippen molar-refractivity contribution in [1.29, 1.82) is 0 Å². The van der Waals surface area contributed by atoms with Crippen LogP contribution >= 0.6 is 0 Å². The lowest BCUT2D eigenvalue weighted by molar-refractivity contribution is 0.794. The molecule has 0 bridgehead atoms. The molecule has 4 aliphatic rings. The van der Waals surface area contributed by atoms with E-state index in [1.165, 1.54) is 138 Å². The summed E-state index contributed by atoms with van der Waals surface area (Å²) in [6.07, 6.45) is 0. The second-order valence-electron chi connectivity index (χ2n) is 26.2. The number of hydrogen-bond donors (Lipinski definition) is 0. The minimum Gasteiger partial charge on any atom is -0.310 e. The molecule has 0 saturated carbocycles. The monoisotopic (exact) mass is 1220 g/mol. The average Bonchev–Trinajstić information content (AvgIpc) is 1.51. The molecule has 0 saturated heterocycles. The third-order valence-corrected chi connectivity index (χ3v) is 21.5. The molecule has 2 spiro atoms. The van der Waals surface area contributed by atoms with Crippen LogP contribution in [0.1, 0.15) is 44.5 Å². The maximum atomic E-state index is 2.47. The number of hydrogen-bond acceptors (Lipinski definition) is 2. The Morgan fingerprint density at radius 1 is 0.177 bits per heavy atom. The molecule has 1 unspecified atom stereocenters. The van der Waals surface area contributed by atoms with Gasteiger partial charge in [-0.1, -0.05) is 297 Å². The van der Waals surface area contributed by atoms with E-state index in [0.717, 1.165) is 39.7 Å². The molecule has 0 N–H and O–H groups in total. The number of anilines is 6. The lowest BCUT2D eigenvalue weighted by atomic mass is 9.70.